The summed E-state index contributed by atoms with van der Waals surface area (Å²) in [5.41, 5.74) is 8.33. The first kappa shape index (κ1) is 110. The molecule has 0 aliphatic heterocycles. The second-order valence-electron chi connectivity index (χ2n) is 16.9. The van der Waals surface area contributed by atoms with E-state index in [1.807, 2.05) is 0 Å². The topological polar surface area (TPSA) is 717 Å². The molecule has 43 nitrogen and oxygen atoms in total. The van der Waals surface area contributed by atoms with Crippen LogP contribution in [0.4, 0.5) is 0 Å². The van der Waals surface area contributed by atoms with E-state index in [-0.39, 0.29) is 282 Å². The molecule has 5 radical (unpaired) electrons. The van der Waals surface area contributed by atoms with Crippen LogP contribution in [0.3, 0.4) is 0 Å². The quantitative estimate of drug-likeness (QED) is 0.0534. The van der Waals surface area contributed by atoms with Gasteiger partial charge in [-0.05, 0) is 0 Å². The molecule has 48 heteroatoms. The van der Waals surface area contributed by atoms with Gasteiger partial charge in [0.2, 0.25) is 12.8 Å². The molecule has 0 heterocycles. The number of carbonyl (C=O) groups is 17. The Bertz CT molecular complexity index is 1800. The number of nitrogens with two attached hydrogens (primary N) is 2. The number of nitrogens with zero attached hydrogens (tertiary/aromatic N) is 9. The number of carboxylic acid groups (broad SMARTS) is 15. The fourth-order valence-corrected chi connectivity index (χ4v) is 6.53. The van der Waals surface area contributed by atoms with Crippen LogP contribution in [0.2, 0.25) is 0 Å². The van der Waals surface area contributed by atoms with Gasteiger partial charge in [0.1, 0.15) is 0 Å². The van der Waals surface area contributed by atoms with E-state index < -0.39 is 188 Å². The van der Waals surface area contributed by atoms with Gasteiger partial charge in [-0.1, -0.05) is 0 Å². The van der Waals surface area contributed by atoms with E-state index in [0.29, 0.717) is 0 Å². The van der Waals surface area contributed by atoms with E-state index in [1.54, 1.807) is 0 Å². The van der Waals surface area contributed by atoms with Gasteiger partial charge in [-0.2, -0.15) is 0 Å². The van der Waals surface area contributed by atoms with Crippen LogP contribution in [0.15, 0.2) is 0 Å². The molecule has 0 spiro atoms. The molecule has 4 N–H and O–H groups in total. The maximum atomic E-state index is 10.8. The maximum Gasteiger partial charge on any atom is 3.00 e. The van der Waals surface area contributed by atoms with E-state index in [0.717, 1.165) is 29.4 Å². The Morgan fingerprint density at radius 2 is 0.239 bits per heavy atom. The third-order valence-electron chi connectivity index (χ3n) is 9.69. The molecule has 0 unspecified atom stereocenters. The molecule has 0 saturated heterocycles. The first-order chi connectivity index (χ1) is 40.3. The number of aliphatic carboxylic acids is 15. The maximum absolute atomic E-state index is 10.8. The van der Waals surface area contributed by atoms with Gasteiger partial charge in [0.05, 0.1) is 89.5 Å². The SMILES string of the molecule is NC=O.NC=O.O=C([O-])CN(CCN(CC(=O)[O-])CC(=O)[O-])CCN(CC(=O)[O-])CC(=O)[O-].O=C([O-])CN(CCN(CC(=O)[O-])CC(=O)[O-])CCN(CC(=O)[O-])CC(=O)[O-].O=C([O-])CN(CCN(CC(=O)[O-])CC(=O)[O-])CCN(CC(=O)[O-])CC(=O)[O-].[Dy+3].[Dy+3].[Dy+3].[Dy+3].[Dy+3]. The summed E-state index contributed by atoms with van der Waals surface area (Å²) in [6.45, 7) is -12.5. The van der Waals surface area contributed by atoms with E-state index in [1.165, 1.54) is 14.7 Å². The number of hydrogen-bond donors (Lipinski definition) is 2. The van der Waals surface area contributed by atoms with E-state index in [4.69, 9.17) is 9.59 Å². The number of primary amides is 2. The van der Waals surface area contributed by atoms with Crippen molar-refractivity contribution in [2.75, 3.05) is 177 Å². The zero-order chi connectivity index (χ0) is 68.4. The minimum atomic E-state index is -1.54. The van der Waals surface area contributed by atoms with Crippen molar-refractivity contribution in [3.8, 4) is 0 Å². The Morgan fingerprint density at radius 1 is 0.185 bits per heavy atom. The molecule has 533 valence electrons. The molecule has 0 aliphatic rings. The number of carboxylic acids is 15. The molecule has 0 aliphatic carbocycles. The minimum absolute atomic E-state index is 0. The van der Waals surface area contributed by atoms with Gasteiger partial charge in [0.25, 0.3) is 0 Å². The van der Waals surface area contributed by atoms with Crippen molar-refractivity contribution in [3.63, 3.8) is 0 Å². The Labute approximate surface area is 674 Å². The summed E-state index contributed by atoms with van der Waals surface area (Å²) in [4.78, 5) is 186. The van der Waals surface area contributed by atoms with Crippen molar-refractivity contribution in [1.29, 1.82) is 0 Å². The molecule has 0 aromatic carbocycles. The molecule has 0 aromatic heterocycles. The van der Waals surface area contributed by atoms with Gasteiger partial charge >= 0.3 is 191 Å². The number of carbonyl (C=O) groups excluding carboxylic acids is 17. The van der Waals surface area contributed by atoms with Gasteiger partial charge < -0.3 is 160 Å². The zero-order valence-electron chi connectivity index (χ0n) is 47.6. The molecule has 0 bridgehead atoms. The first-order valence-electron chi connectivity index (χ1n) is 24.1. The van der Waals surface area contributed by atoms with Gasteiger partial charge in [-0.3, -0.25) is 53.7 Å². The van der Waals surface area contributed by atoms with Crippen molar-refractivity contribution in [2.24, 2.45) is 11.5 Å². The van der Waals surface area contributed by atoms with Crippen LogP contribution in [0.5, 0.6) is 0 Å². The van der Waals surface area contributed by atoms with Crippen LogP contribution in [-0.2, 0) is 81.5 Å². The van der Waals surface area contributed by atoms with Crippen molar-refractivity contribution in [2.45, 2.75) is 0 Å². The van der Waals surface area contributed by atoms with Crippen LogP contribution >= 0.6 is 0 Å². The summed E-state index contributed by atoms with van der Waals surface area (Å²) >= 11 is 0. The average molecular weight is 2070 g/mol. The minimum Gasteiger partial charge on any atom is -0.549 e. The Kier molecular flexibility index (Phi) is 83.2. The van der Waals surface area contributed by atoms with E-state index in [2.05, 4.69) is 11.5 Å². The Hall–Kier alpha value is -3.01. The molecule has 0 saturated carbocycles. The van der Waals surface area contributed by atoms with E-state index >= 15 is 0 Å². The summed E-state index contributed by atoms with van der Waals surface area (Å²) < 4.78 is 0. The third kappa shape index (κ3) is 85.0. The second-order valence-corrected chi connectivity index (χ2v) is 16.9. The Balaban J connectivity index is -0.000000128. The molecule has 0 atom stereocenters. The van der Waals surface area contributed by atoms with Crippen molar-refractivity contribution in [1.82, 2.24) is 44.1 Å². The zero-order valence-corrected chi connectivity index (χ0v) is 57.7. The van der Waals surface area contributed by atoms with Gasteiger partial charge in [0, 0.05) is 177 Å². The first-order valence-corrected chi connectivity index (χ1v) is 24.1. The largest absolute Gasteiger partial charge is 3.00 e. The van der Waals surface area contributed by atoms with Crippen LogP contribution in [0, 0.1) is 191 Å². The number of rotatable bonds is 48. The third-order valence-corrected chi connectivity index (χ3v) is 9.69. The molecule has 0 rings (SSSR count). The van der Waals surface area contributed by atoms with Crippen molar-refractivity contribution < 1.29 is 349 Å². The predicted octanol–water partition coefficient (Wildman–Crippen LogP) is -29.9. The molecule has 2 amide bonds. The Morgan fingerprint density at radius 3 is 0.304 bits per heavy atom. The molecule has 0 fully saturated rings. The monoisotopic (exact) mass is 2070 g/mol. The number of hydrogen-bond acceptors (Lipinski definition) is 41. The van der Waals surface area contributed by atoms with Crippen LogP contribution in [0.1, 0.15) is 0 Å². The summed E-state index contributed by atoms with van der Waals surface area (Å²) in [6.07, 6.45) is 0.500. The van der Waals surface area contributed by atoms with Crippen molar-refractivity contribution in [3.05, 3.63) is 0 Å². The summed E-state index contributed by atoms with van der Waals surface area (Å²) in [5, 5.41) is 160. The summed E-state index contributed by atoms with van der Waals surface area (Å²) in [7, 11) is 0. The van der Waals surface area contributed by atoms with Crippen LogP contribution in [0.25, 0.3) is 0 Å². The summed E-state index contributed by atoms with van der Waals surface area (Å²) in [6, 6.07) is 0. The van der Waals surface area contributed by atoms with Gasteiger partial charge in [-0.15, -0.1) is 0 Å². The van der Waals surface area contributed by atoms with Crippen molar-refractivity contribution >= 4 is 102 Å². The fraction of sp³-hybridized carbons (Fsp3) is 0.614. The normalized spacial score (nSPS) is 10.0. The standard InChI is InChI=1S/3C14H23N3O10.2CH3NO.5Dy/c3*18-10(19)5-15(1-3-16(6-11(20)21)7-12(22)23)2-4-17(8-13(24)25)9-14(26)27;2*2-1-3;;;;;/h3*1-9H2,(H,18,19)(H,20,21)(H,22,23)(H,24,25)(H,26,27);2*1H,(H2,2,3);;;;;/q;;;;;5*+3/p-15. The number of amides is 2. The fourth-order valence-electron chi connectivity index (χ4n) is 6.53. The molecule has 0 aromatic rings. The molecule has 92 heavy (non-hydrogen) atoms. The van der Waals surface area contributed by atoms with E-state index in [9.17, 15) is 149 Å². The van der Waals surface area contributed by atoms with Gasteiger partial charge in [0.15, 0.2) is 0 Å². The predicted molar refractivity (Wildman–Crippen MR) is 244 cm³/mol. The smallest absolute Gasteiger partial charge is 0.549 e. The second kappa shape index (κ2) is 69.3. The van der Waals surface area contributed by atoms with Crippen LogP contribution in [-0.4, -0.2) is 323 Å². The van der Waals surface area contributed by atoms with Gasteiger partial charge in [-0.25, -0.2) is 0 Å². The summed E-state index contributed by atoms with van der Waals surface area (Å²) in [5.74, 6) is -23.0. The molecular weight excluding hydrogens is 2010 g/mol. The van der Waals surface area contributed by atoms with Crippen LogP contribution < -0.4 is 88.1 Å². The average Bonchev–Trinajstić information content (AvgIpc) is 3.32. The molecular formula is C44H60Dy5N11O32.